The Hall–Kier alpha value is -2.34. The molecule has 0 radical (unpaired) electrons. The highest BCUT2D eigenvalue weighted by molar-refractivity contribution is 5.77. The van der Waals surface area contributed by atoms with Gasteiger partial charge in [-0.25, -0.2) is 5.43 Å². The Bertz CT molecular complexity index is 714. The lowest BCUT2D eigenvalue weighted by molar-refractivity contribution is -0.141. The standard InChI is InChI=1S/C19H19F3N2O/c20-19(21,22)16-11-9-15(10-12-16)17-7-4-8-18(25)24(17)23-13-14-5-2-1-3-6-14/h1-3,5-6,9-12,17,23H,4,7-8,13H2. The van der Waals surface area contributed by atoms with Crippen molar-refractivity contribution in [3.63, 3.8) is 0 Å². The van der Waals surface area contributed by atoms with Crippen molar-refractivity contribution in [1.82, 2.24) is 10.4 Å². The van der Waals surface area contributed by atoms with Crippen molar-refractivity contribution in [3.8, 4) is 0 Å². The molecule has 1 aliphatic rings. The lowest BCUT2D eigenvalue weighted by Crippen LogP contribution is -2.47. The predicted molar refractivity (Wildman–Crippen MR) is 88.2 cm³/mol. The zero-order valence-electron chi connectivity index (χ0n) is 13.6. The van der Waals surface area contributed by atoms with Crippen LogP contribution in [0, 0.1) is 0 Å². The summed E-state index contributed by atoms with van der Waals surface area (Å²) < 4.78 is 38.2. The Morgan fingerprint density at radius 3 is 2.36 bits per heavy atom. The molecule has 1 unspecified atom stereocenters. The van der Waals surface area contributed by atoms with Gasteiger partial charge in [-0.05, 0) is 36.1 Å². The number of carbonyl (C=O) groups is 1. The number of nitrogens with zero attached hydrogens (tertiary/aromatic N) is 1. The predicted octanol–water partition coefficient (Wildman–Crippen LogP) is 4.46. The highest BCUT2D eigenvalue weighted by atomic mass is 19.4. The number of hydrogen-bond donors (Lipinski definition) is 1. The first kappa shape index (κ1) is 17.5. The number of amides is 1. The number of benzene rings is 2. The molecule has 0 aromatic heterocycles. The Balaban J connectivity index is 1.76. The van der Waals surface area contributed by atoms with Crippen LogP contribution in [0.2, 0.25) is 0 Å². The summed E-state index contributed by atoms with van der Waals surface area (Å²) in [7, 11) is 0. The molecule has 1 amide bonds. The van der Waals surface area contributed by atoms with Gasteiger partial charge in [-0.1, -0.05) is 42.5 Å². The lowest BCUT2D eigenvalue weighted by Gasteiger charge is -2.36. The van der Waals surface area contributed by atoms with Crippen molar-refractivity contribution in [3.05, 3.63) is 71.3 Å². The van der Waals surface area contributed by atoms with Crippen LogP contribution in [0.1, 0.15) is 42.0 Å². The Morgan fingerprint density at radius 2 is 1.72 bits per heavy atom. The first-order valence-electron chi connectivity index (χ1n) is 8.22. The van der Waals surface area contributed by atoms with E-state index in [0.29, 0.717) is 18.5 Å². The van der Waals surface area contributed by atoms with E-state index in [1.165, 1.54) is 12.1 Å². The third-order valence-corrected chi connectivity index (χ3v) is 4.37. The molecule has 1 fully saturated rings. The number of rotatable bonds is 4. The van der Waals surface area contributed by atoms with Crippen LogP contribution < -0.4 is 5.43 Å². The van der Waals surface area contributed by atoms with Crippen molar-refractivity contribution < 1.29 is 18.0 Å². The van der Waals surface area contributed by atoms with Gasteiger partial charge in [-0.2, -0.15) is 13.2 Å². The van der Waals surface area contributed by atoms with Gasteiger partial charge in [0, 0.05) is 13.0 Å². The van der Waals surface area contributed by atoms with Crippen molar-refractivity contribution in [2.24, 2.45) is 0 Å². The molecule has 0 bridgehead atoms. The summed E-state index contributed by atoms with van der Waals surface area (Å²) in [5, 5.41) is 1.57. The minimum atomic E-state index is -4.35. The van der Waals surface area contributed by atoms with Crippen LogP contribution in [0.4, 0.5) is 13.2 Å². The molecule has 2 aromatic carbocycles. The van der Waals surface area contributed by atoms with E-state index in [-0.39, 0.29) is 11.9 Å². The normalized spacial score (nSPS) is 18.4. The van der Waals surface area contributed by atoms with Crippen molar-refractivity contribution >= 4 is 5.91 Å². The van der Waals surface area contributed by atoms with Gasteiger partial charge in [0.25, 0.3) is 0 Å². The molecule has 0 aliphatic carbocycles. The monoisotopic (exact) mass is 348 g/mol. The average molecular weight is 348 g/mol. The number of hydrogen-bond acceptors (Lipinski definition) is 2. The molecule has 1 aliphatic heterocycles. The lowest BCUT2D eigenvalue weighted by atomic mass is 9.95. The molecule has 3 rings (SSSR count). The van der Waals surface area contributed by atoms with Crippen LogP contribution in [0.25, 0.3) is 0 Å². The van der Waals surface area contributed by atoms with E-state index in [1.807, 2.05) is 30.3 Å². The maximum atomic E-state index is 12.7. The maximum absolute atomic E-state index is 12.7. The Kier molecular flexibility index (Phi) is 5.08. The summed E-state index contributed by atoms with van der Waals surface area (Å²) in [5.74, 6) is -0.0351. The summed E-state index contributed by atoms with van der Waals surface area (Å²) in [6.07, 6.45) is -2.46. The first-order chi connectivity index (χ1) is 11.9. The summed E-state index contributed by atoms with van der Waals surface area (Å²) in [4.78, 5) is 12.3. The van der Waals surface area contributed by atoms with Gasteiger partial charge >= 0.3 is 6.18 Å². The van der Waals surface area contributed by atoms with Crippen LogP contribution >= 0.6 is 0 Å². The molecular weight excluding hydrogens is 329 g/mol. The quantitative estimate of drug-likeness (QED) is 0.884. The number of hydrazine groups is 1. The van der Waals surface area contributed by atoms with Crippen LogP contribution in [-0.2, 0) is 17.5 Å². The second kappa shape index (κ2) is 7.27. The van der Waals surface area contributed by atoms with Gasteiger partial charge in [0.05, 0.1) is 11.6 Å². The van der Waals surface area contributed by atoms with Crippen LogP contribution in [0.5, 0.6) is 0 Å². The fraction of sp³-hybridized carbons (Fsp3) is 0.316. The number of carbonyl (C=O) groups excluding carboxylic acids is 1. The van der Waals surface area contributed by atoms with E-state index in [4.69, 9.17) is 0 Å². The van der Waals surface area contributed by atoms with E-state index < -0.39 is 11.7 Å². The number of halogens is 3. The van der Waals surface area contributed by atoms with Crippen LogP contribution in [0.15, 0.2) is 54.6 Å². The van der Waals surface area contributed by atoms with E-state index in [0.717, 1.165) is 30.5 Å². The number of piperidine rings is 1. The molecule has 25 heavy (non-hydrogen) atoms. The van der Waals surface area contributed by atoms with Gasteiger partial charge < -0.3 is 0 Å². The minimum absolute atomic E-state index is 0.0351. The molecule has 6 heteroatoms. The molecule has 3 nitrogen and oxygen atoms in total. The highest BCUT2D eigenvalue weighted by Crippen LogP contribution is 2.33. The SMILES string of the molecule is O=C1CCCC(c2ccc(C(F)(F)F)cc2)N1NCc1ccccc1. The Labute approximate surface area is 144 Å². The highest BCUT2D eigenvalue weighted by Gasteiger charge is 2.32. The average Bonchev–Trinajstić information content (AvgIpc) is 2.61. The van der Waals surface area contributed by atoms with Gasteiger partial charge in [0.2, 0.25) is 5.91 Å². The largest absolute Gasteiger partial charge is 0.416 e. The van der Waals surface area contributed by atoms with Crippen LogP contribution in [0.3, 0.4) is 0 Å². The topological polar surface area (TPSA) is 32.3 Å². The molecule has 0 saturated carbocycles. The molecule has 1 heterocycles. The molecular formula is C19H19F3N2O. The molecule has 132 valence electrons. The van der Waals surface area contributed by atoms with Crippen molar-refractivity contribution in [2.75, 3.05) is 0 Å². The van der Waals surface area contributed by atoms with E-state index >= 15 is 0 Å². The third-order valence-electron chi connectivity index (χ3n) is 4.37. The summed E-state index contributed by atoms with van der Waals surface area (Å²) in [6, 6.07) is 14.5. The van der Waals surface area contributed by atoms with Crippen molar-refractivity contribution in [1.29, 1.82) is 0 Å². The second-order valence-corrected chi connectivity index (χ2v) is 6.11. The van der Waals surface area contributed by atoms with E-state index in [1.54, 1.807) is 5.01 Å². The second-order valence-electron chi connectivity index (χ2n) is 6.11. The third kappa shape index (κ3) is 4.20. The molecule has 1 atom stereocenters. The fourth-order valence-corrected chi connectivity index (χ4v) is 3.05. The summed E-state index contributed by atoms with van der Waals surface area (Å²) >= 11 is 0. The van der Waals surface area contributed by atoms with Crippen molar-refractivity contribution in [2.45, 2.75) is 38.0 Å². The Morgan fingerprint density at radius 1 is 1.04 bits per heavy atom. The van der Waals surface area contributed by atoms with E-state index in [2.05, 4.69) is 5.43 Å². The molecule has 1 N–H and O–H groups in total. The molecule has 0 spiro atoms. The van der Waals surface area contributed by atoms with Gasteiger partial charge in [-0.15, -0.1) is 0 Å². The number of alkyl halides is 3. The van der Waals surface area contributed by atoms with Gasteiger partial charge in [0.15, 0.2) is 0 Å². The smallest absolute Gasteiger partial charge is 0.273 e. The molecule has 1 saturated heterocycles. The van der Waals surface area contributed by atoms with Gasteiger partial charge in [-0.3, -0.25) is 9.80 Å². The summed E-state index contributed by atoms with van der Waals surface area (Å²) in [6.45, 7) is 0.490. The molecule has 2 aromatic rings. The minimum Gasteiger partial charge on any atom is -0.273 e. The summed E-state index contributed by atoms with van der Waals surface area (Å²) in [5.41, 5.74) is 4.21. The maximum Gasteiger partial charge on any atom is 0.416 e. The van der Waals surface area contributed by atoms with Gasteiger partial charge in [0.1, 0.15) is 0 Å². The zero-order chi connectivity index (χ0) is 17.9. The number of nitrogens with one attached hydrogen (secondary N) is 1. The van der Waals surface area contributed by atoms with Crippen LogP contribution in [-0.4, -0.2) is 10.9 Å². The van der Waals surface area contributed by atoms with E-state index in [9.17, 15) is 18.0 Å². The first-order valence-corrected chi connectivity index (χ1v) is 8.22. The fourth-order valence-electron chi connectivity index (χ4n) is 3.05. The zero-order valence-corrected chi connectivity index (χ0v) is 13.6.